The molecule has 2 unspecified atom stereocenters. The van der Waals surface area contributed by atoms with Crippen LogP contribution in [-0.2, 0) is 0 Å². The van der Waals surface area contributed by atoms with Gasteiger partial charge >= 0.3 is 0 Å². The first-order valence-corrected chi connectivity index (χ1v) is 7.14. The number of aryl methyl sites for hydroxylation is 2. The van der Waals surface area contributed by atoms with Crippen molar-refractivity contribution in [3.63, 3.8) is 0 Å². The van der Waals surface area contributed by atoms with E-state index in [4.69, 9.17) is 0 Å². The molecule has 0 spiro atoms. The SMILES string of the molecule is Cc1nc(N2CCC(Br)C(C)C2)sc1C. The molecular weight excluding hydrogens is 272 g/mol. The summed E-state index contributed by atoms with van der Waals surface area (Å²) in [5, 5.41) is 1.20. The highest BCUT2D eigenvalue weighted by molar-refractivity contribution is 9.09. The zero-order valence-corrected chi connectivity index (χ0v) is 11.9. The van der Waals surface area contributed by atoms with Crippen LogP contribution < -0.4 is 4.90 Å². The van der Waals surface area contributed by atoms with Crippen LogP contribution in [0.4, 0.5) is 5.13 Å². The Morgan fingerprint density at radius 3 is 2.73 bits per heavy atom. The lowest BCUT2D eigenvalue weighted by molar-refractivity contribution is 0.465. The molecule has 0 bridgehead atoms. The maximum Gasteiger partial charge on any atom is 0.185 e. The lowest BCUT2D eigenvalue weighted by Gasteiger charge is -2.34. The van der Waals surface area contributed by atoms with E-state index < -0.39 is 0 Å². The molecule has 0 N–H and O–H groups in total. The molecule has 84 valence electrons. The van der Waals surface area contributed by atoms with Gasteiger partial charge in [-0.25, -0.2) is 4.98 Å². The Labute approximate surface area is 104 Å². The van der Waals surface area contributed by atoms with Crippen LogP contribution in [0.15, 0.2) is 0 Å². The lowest BCUT2D eigenvalue weighted by Crippen LogP contribution is -2.39. The molecule has 2 atom stereocenters. The number of rotatable bonds is 1. The molecule has 1 aromatic heterocycles. The summed E-state index contributed by atoms with van der Waals surface area (Å²) in [4.78, 5) is 9.07. The number of alkyl halides is 1. The predicted octanol–water partition coefficient (Wildman–Crippen LogP) is 3.37. The van der Waals surface area contributed by atoms with E-state index in [2.05, 4.69) is 46.6 Å². The van der Waals surface area contributed by atoms with Crippen molar-refractivity contribution in [3.05, 3.63) is 10.6 Å². The molecular formula is C11H17BrN2S. The van der Waals surface area contributed by atoms with Gasteiger partial charge in [0.15, 0.2) is 5.13 Å². The van der Waals surface area contributed by atoms with E-state index in [-0.39, 0.29) is 0 Å². The maximum atomic E-state index is 4.62. The molecule has 1 aromatic rings. The molecule has 0 aliphatic carbocycles. The minimum Gasteiger partial charge on any atom is -0.348 e. The highest BCUT2D eigenvalue weighted by atomic mass is 79.9. The van der Waals surface area contributed by atoms with Crippen LogP contribution in [0.5, 0.6) is 0 Å². The summed E-state index contributed by atoms with van der Waals surface area (Å²) < 4.78 is 0. The standard InChI is InChI=1S/C11H17BrN2S/c1-7-6-14(5-4-10(7)12)11-13-8(2)9(3)15-11/h7,10H,4-6H2,1-3H3. The van der Waals surface area contributed by atoms with Gasteiger partial charge in [-0.05, 0) is 26.2 Å². The van der Waals surface area contributed by atoms with Gasteiger partial charge in [0.2, 0.25) is 0 Å². The van der Waals surface area contributed by atoms with Gasteiger partial charge in [0, 0.05) is 22.8 Å². The Bertz CT molecular complexity index is 331. The van der Waals surface area contributed by atoms with Crippen molar-refractivity contribution in [3.8, 4) is 0 Å². The van der Waals surface area contributed by atoms with E-state index in [1.807, 2.05) is 11.3 Å². The van der Waals surface area contributed by atoms with E-state index >= 15 is 0 Å². The van der Waals surface area contributed by atoms with Gasteiger partial charge in [-0.3, -0.25) is 0 Å². The molecule has 2 rings (SSSR count). The third kappa shape index (κ3) is 2.36. The Morgan fingerprint density at radius 1 is 1.47 bits per heavy atom. The highest BCUT2D eigenvalue weighted by Crippen LogP contribution is 2.31. The second-order valence-electron chi connectivity index (χ2n) is 4.37. The van der Waals surface area contributed by atoms with E-state index in [0.29, 0.717) is 10.7 Å². The Kier molecular flexibility index (Phi) is 3.36. The Balaban J connectivity index is 2.12. The fourth-order valence-corrected chi connectivity index (χ4v) is 3.20. The zero-order valence-electron chi connectivity index (χ0n) is 9.46. The Morgan fingerprint density at radius 2 is 2.20 bits per heavy atom. The minimum atomic E-state index is 0.677. The highest BCUT2D eigenvalue weighted by Gasteiger charge is 2.25. The normalized spacial score (nSPS) is 27.1. The minimum absolute atomic E-state index is 0.677. The van der Waals surface area contributed by atoms with Crippen molar-refractivity contribution in [1.29, 1.82) is 0 Å². The summed E-state index contributed by atoms with van der Waals surface area (Å²) in [5.41, 5.74) is 1.18. The first-order chi connectivity index (χ1) is 7.08. The molecule has 2 nitrogen and oxygen atoms in total. The molecule has 1 saturated heterocycles. The average Bonchev–Trinajstić information content (AvgIpc) is 2.52. The van der Waals surface area contributed by atoms with Crippen LogP contribution in [0.2, 0.25) is 0 Å². The van der Waals surface area contributed by atoms with Gasteiger partial charge in [0.1, 0.15) is 0 Å². The summed E-state index contributed by atoms with van der Waals surface area (Å²) >= 11 is 5.55. The molecule has 2 heterocycles. The summed E-state index contributed by atoms with van der Waals surface area (Å²) in [5.74, 6) is 0.711. The molecule has 0 amide bonds. The van der Waals surface area contributed by atoms with Gasteiger partial charge in [-0.2, -0.15) is 0 Å². The van der Waals surface area contributed by atoms with Crippen molar-refractivity contribution >= 4 is 32.4 Å². The summed E-state index contributed by atoms with van der Waals surface area (Å²) in [7, 11) is 0. The number of nitrogens with zero attached hydrogens (tertiary/aromatic N) is 2. The Hall–Kier alpha value is -0.0900. The molecule has 1 fully saturated rings. The van der Waals surface area contributed by atoms with E-state index in [0.717, 1.165) is 13.1 Å². The van der Waals surface area contributed by atoms with Crippen molar-refractivity contribution < 1.29 is 0 Å². The summed E-state index contributed by atoms with van der Waals surface area (Å²) in [6.45, 7) is 8.81. The van der Waals surface area contributed by atoms with E-state index in [1.54, 1.807) is 0 Å². The first-order valence-electron chi connectivity index (χ1n) is 5.41. The average molecular weight is 289 g/mol. The number of thiazole rings is 1. The maximum absolute atomic E-state index is 4.62. The van der Waals surface area contributed by atoms with Gasteiger partial charge in [-0.1, -0.05) is 22.9 Å². The van der Waals surface area contributed by atoms with Crippen LogP contribution in [0.1, 0.15) is 23.9 Å². The largest absolute Gasteiger partial charge is 0.348 e. The van der Waals surface area contributed by atoms with Gasteiger partial charge in [-0.15, -0.1) is 11.3 Å². The van der Waals surface area contributed by atoms with Crippen LogP contribution >= 0.6 is 27.3 Å². The number of hydrogen-bond donors (Lipinski definition) is 0. The summed E-state index contributed by atoms with van der Waals surface area (Å²) in [6.07, 6.45) is 1.22. The zero-order chi connectivity index (χ0) is 11.0. The summed E-state index contributed by atoms with van der Waals surface area (Å²) in [6, 6.07) is 0. The topological polar surface area (TPSA) is 16.1 Å². The fourth-order valence-electron chi connectivity index (χ4n) is 1.88. The van der Waals surface area contributed by atoms with Crippen molar-refractivity contribution in [2.24, 2.45) is 5.92 Å². The molecule has 4 heteroatoms. The quantitative estimate of drug-likeness (QED) is 0.737. The van der Waals surface area contributed by atoms with Crippen LogP contribution in [0.25, 0.3) is 0 Å². The third-order valence-corrected chi connectivity index (χ3v) is 5.58. The van der Waals surface area contributed by atoms with Crippen LogP contribution in [0, 0.1) is 19.8 Å². The molecule has 0 aromatic carbocycles. The van der Waals surface area contributed by atoms with Crippen molar-refractivity contribution in [1.82, 2.24) is 4.98 Å². The van der Waals surface area contributed by atoms with E-state index in [1.165, 1.54) is 22.1 Å². The monoisotopic (exact) mass is 288 g/mol. The second kappa shape index (κ2) is 4.42. The number of hydrogen-bond acceptors (Lipinski definition) is 3. The molecule has 0 saturated carbocycles. The van der Waals surface area contributed by atoms with E-state index in [9.17, 15) is 0 Å². The molecule has 1 aliphatic heterocycles. The predicted molar refractivity (Wildman–Crippen MR) is 70.3 cm³/mol. The van der Waals surface area contributed by atoms with Crippen LogP contribution in [-0.4, -0.2) is 22.9 Å². The number of aromatic nitrogens is 1. The smallest absolute Gasteiger partial charge is 0.185 e. The van der Waals surface area contributed by atoms with Crippen molar-refractivity contribution in [2.75, 3.05) is 18.0 Å². The fraction of sp³-hybridized carbons (Fsp3) is 0.727. The van der Waals surface area contributed by atoms with Crippen molar-refractivity contribution in [2.45, 2.75) is 32.0 Å². The molecule has 1 aliphatic rings. The second-order valence-corrected chi connectivity index (χ2v) is 6.72. The third-order valence-electron chi connectivity index (χ3n) is 3.09. The molecule has 15 heavy (non-hydrogen) atoms. The molecule has 0 radical (unpaired) electrons. The number of piperidine rings is 1. The first kappa shape index (κ1) is 11.4. The lowest BCUT2D eigenvalue weighted by atomic mass is 10.0. The van der Waals surface area contributed by atoms with Crippen LogP contribution in [0.3, 0.4) is 0 Å². The number of halogens is 1. The van der Waals surface area contributed by atoms with Gasteiger partial charge < -0.3 is 4.90 Å². The number of anilines is 1. The van der Waals surface area contributed by atoms with Gasteiger partial charge in [0.25, 0.3) is 0 Å². The van der Waals surface area contributed by atoms with Gasteiger partial charge in [0.05, 0.1) is 5.69 Å².